The molecule has 0 heterocycles. The zero-order valence-electron chi connectivity index (χ0n) is 15.4. The fourth-order valence-electron chi connectivity index (χ4n) is 3.58. The molecule has 28 heavy (non-hydrogen) atoms. The summed E-state index contributed by atoms with van der Waals surface area (Å²) in [6.45, 7) is 0. The minimum atomic E-state index is 0.688. The molecule has 0 saturated heterocycles. The van der Waals surface area contributed by atoms with Crippen molar-refractivity contribution in [2.45, 2.75) is 0 Å². The van der Waals surface area contributed by atoms with Crippen molar-refractivity contribution in [2.24, 2.45) is 0 Å². The van der Waals surface area contributed by atoms with E-state index in [1.165, 1.54) is 42.8 Å². The molecular weight excluding hydrogens is 374 g/mol. The highest BCUT2D eigenvalue weighted by atomic mass is 31.1. The summed E-state index contributed by atoms with van der Waals surface area (Å²) in [5, 5.41) is 10.9. The molecule has 0 nitrogen and oxygen atoms in total. The van der Waals surface area contributed by atoms with Gasteiger partial charge in [0, 0.05) is 0 Å². The Labute approximate surface area is 169 Å². The summed E-state index contributed by atoms with van der Waals surface area (Å²) in [6, 6.07) is 39.8. The van der Waals surface area contributed by atoms with E-state index in [9.17, 15) is 0 Å². The van der Waals surface area contributed by atoms with Gasteiger partial charge in [0.25, 0.3) is 0 Å². The summed E-state index contributed by atoms with van der Waals surface area (Å²) in [6.07, 6.45) is 0. The molecule has 0 fully saturated rings. The Morgan fingerprint density at radius 3 is 1.18 bits per heavy atom. The van der Waals surface area contributed by atoms with Crippen LogP contribution in [0.2, 0.25) is 0 Å². The fourth-order valence-corrected chi connectivity index (χ4v) is 5.73. The third-order valence-corrected chi connectivity index (χ3v) is 7.41. The standard InChI is InChI=1S/C26H20P2/c1-3-7-21(8-4-1)27-23-15-13-19-11-12-20-14-16-24(18-26(20)25(19)17-23)28-22-9-5-2-6-10-22/h1-18,27-28H. The first-order valence-corrected chi connectivity index (χ1v) is 11.5. The molecule has 0 bridgehead atoms. The molecule has 5 rings (SSSR count). The van der Waals surface area contributed by atoms with Gasteiger partial charge in [-0.05, 0) is 54.9 Å². The van der Waals surface area contributed by atoms with E-state index in [2.05, 4.69) is 109 Å². The van der Waals surface area contributed by atoms with E-state index in [4.69, 9.17) is 0 Å². The van der Waals surface area contributed by atoms with Crippen LogP contribution in [0.3, 0.4) is 0 Å². The molecule has 0 aromatic heterocycles. The van der Waals surface area contributed by atoms with Crippen LogP contribution >= 0.6 is 17.2 Å². The molecule has 0 spiro atoms. The van der Waals surface area contributed by atoms with Crippen LogP contribution in [0, 0.1) is 0 Å². The highest BCUT2D eigenvalue weighted by Crippen LogP contribution is 2.27. The number of benzene rings is 5. The molecule has 0 aliphatic heterocycles. The molecule has 0 amide bonds. The van der Waals surface area contributed by atoms with Crippen LogP contribution in [-0.2, 0) is 0 Å². The fraction of sp³-hybridized carbons (Fsp3) is 0. The van der Waals surface area contributed by atoms with Crippen molar-refractivity contribution in [1.82, 2.24) is 0 Å². The van der Waals surface area contributed by atoms with Gasteiger partial charge in [0.05, 0.1) is 0 Å². The van der Waals surface area contributed by atoms with Crippen LogP contribution in [0.5, 0.6) is 0 Å². The second kappa shape index (κ2) is 7.84. The van der Waals surface area contributed by atoms with E-state index in [0.717, 1.165) is 0 Å². The lowest BCUT2D eigenvalue weighted by Gasteiger charge is -2.10. The lowest BCUT2D eigenvalue weighted by molar-refractivity contribution is 1.77. The van der Waals surface area contributed by atoms with Gasteiger partial charge in [-0.3, -0.25) is 0 Å². The molecule has 0 saturated carbocycles. The quantitative estimate of drug-likeness (QED) is 0.288. The van der Waals surface area contributed by atoms with E-state index in [1.807, 2.05) is 0 Å². The van der Waals surface area contributed by atoms with Crippen LogP contribution in [-0.4, -0.2) is 0 Å². The van der Waals surface area contributed by atoms with Crippen molar-refractivity contribution in [2.75, 3.05) is 0 Å². The number of rotatable bonds is 4. The van der Waals surface area contributed by atoms with Crippen molar-refractivity contribution in [3.05, 3.63) is 109 Å². The zero-order chi connectivity index (χ0) is 18.8. The second-order valence-electron chi connectivity index (χ2n) is 6.92. The lowest BCUT2D eigenvalue weighted by Crippen LogP contribution is -2.04. The molecule has 5 aromatic carbocycles. The van der Waals surface area contributed by atoms with Gasteiger partial charge in [-0.15, -0.1) is 0 Å². The van der Waals surface area contributed by atoms with Crippen LogP contribution in [0.25, 0.3) is 21.5 Å². The van der Waals surface area contributed by atoms with E-state index in [0.29, 0.717) is 17.2 Å². The summed E-state index contributed by atoms with van der Waals surface area (Å²) in [5.74, 6) is 0. The van der Waals surface area contributed by atoms with Crippen molar-refractivity contribution < 1.29 is 0 Å². The van der Waals surface area contributed by atoms with Gasteiger partial charge in [-0.2, -0.15) is 0 Å². The maximum absolute atomic E-state index is 2.39. The van der Waals surface area contributed by atoms with Crippen LogP contribution < -0.4 is 21.2 Å². The van der Waals surface area contributed by atoms with E-state index >= 15 is 0 Å². The maximum Gasteiger partial charge on any atom is -0.00988 e. The molecule has 0 aliphatic rings. The summed E-state index contributed by atoms with van der Waals surface area (Å²) in [5.41, 5.74) is 0. The Bertz CT molecular complexity index is 1140. The van der Waals surface area contributed by atoms with Crippen LogP contribution in [0.4, 0.5) is 0 Å². The number of fused-ring (bicyclic) bond motifs is 3. The molecule has 2 atom stereocenters. The highest BCUT2D eigenvalue weighted by Gasteiger charge is 2.05. The Kier molecular flexibility index (Phi) is 4.92. The van der Waals surface area contributed by atoms with E-state index < -0.39 is 0 Å². The first-order valence-electron chi connectivity index (χ1n) is 9.46. The Balaban J connectivity index is 1.58. The molecule has 2 heteroatoms. The van der Waals surface area contributed by atoms with Crippen LogP contribution in [0.15, 0.2) is 109 Å². The summed E-state index contributed by atoms with van der Waals surface area (Å²) < 4.78 is 0. The molecule has 0 aliphatic carbocycles. The molecule has 5 aromatic rings. The lowest BCUT2D eigenvalue weighted by atomic mass is 10.0. The molecule has 0 N–H and O–H groups in total. The van der Waals surface area contributed by atoms with E-state index in [1.54, 1.807) is 0 Å². The number of hydrogen-bond acceptors (Lipinski definition) is 0. The predicted molar refractivity (Wildman–Crippen MR) is 130 cm³/mol. The van der Waals surface area contributed by atoms with Gasteiger partial charge < -0.3 is 0 Å². The van der Waals surface area contributed by atoms with Gasteiger partial charge in [0.1, 0.15) is 0 Å². The van der Waals surface area contributed by atoms with Gasteiger partial charge in [0.2, 0.25) is 0 Å². The Morgan fingerprint density at radius 1 is 0.357 bits per heavy atom. The summed E-state index contributed by atoms with van der Waals surface area (Å²) in [7, 11) is 1.38. The first-order chi connectivity index (χ1) is 13.8. The van der Waals surface area contributed by atoms with Crippen molar-refractivity contribution in [3.63, 3.8) is 0 Å². The largest absolute Gasteiger partial charge is 0.0622 e. The second-order valence-corrected chi connectivity index (χ2v) is 9.73. The average Bonchev–Trinajstić information content (AvgIpc) is 2.75. The van der Waals surface area contributed by atoms with Gasteiger partial charge in [-0.25, -0.2) is 0 Å². The topological polar surface area (TPSA) is 0 Å². The average molecular weight is 394 g/mol. The first kappa shape index (κ1) is 17.6. The summed E-state index contributed by atoms with van der Waals surface area (Å²) in [4.78, 5) is 0. The molecule has 2 unspecified atom stereocenters. The third kappa shape index (κ3) is 3.72. The number of hydrogen-bond donors (Lipinski definition) is 0. The van der Waals surface area contributed by atoms with Crippen LogP contribution in [0.1, 0.15) is 0 Å². The highest BCUT2D eigenvalue weighted by molar-refractivity contribution is 7.55. The molecule has 134 valence electrons. The Morgan fingerprint density at radius 2 is 0.750 bits per heavy atom. The van der Waals surface area contributed by atoms with Crippen molar-refractivity contribution in [1.29, 1.82) is 0 Å². The Hall–Kier alpha value is -2.52. The van der Waals surface area contributed by atoms with Crippen molar-refractivity contribution >= 4 is 59.9 Å². The normalized spacial score (nSPS) is 12.0. The smallest absolute Gasteiger partial charge is 0.00988 e. The molecule has 0 radical (unpaired) electrons. The predicted octanol–water partition coefficient (Wildman–Crippen LogP) is 5.25. The van der Waals surface area contributed by atoms with Gasteiger partial charge in [0.15, 0.2) is 0 Å². The minimum absolute atomic E-state index is 0.688. The van der Waals surface area contributed by atoms with Gasteiger partial charge >= 0.3 is 0 Å². The minimum Gasteiger partial charge on any atom is -0.0622 e. The maximum atomic E-state index is 2.39. The van der Waals surface area contributed by atoms with Gasteiger partial charge in [-0.1, -0.05) is 114 Å². The van der Waals surface area contributed by atoms with E-state index in [-0.39, 0.29) is 0 Å². The SMILES string of the molecule is c1ccc(Pc2ccc3ccc4ccc(Pc5ccccc5)cc4c3c2)cc1. The zero-order valence-corrected chi connectivity index (χ0v) is 17.4. The molecular formula is C26H20P2. The van der Waals surface area contributed by atoms with Crippen molar-refractivity contribution in [3.8, 4) is 0 Å². The third-order valence-electron chi connectivity index (χ3n) is 4.96. The summed E-state index contributed by atoms with van der Waals surface area (Å²) >= 11 is 0. The monoisotopic (exact) mass is 394 g/mol.